The van der Waals surface area contributed by atoms with Gasteiger partial charge in [-0.3, -0.25) is 9.59 Å². The molecule has 0 heterocycles. The molecule has 1 amide bonds. The maximum Gasteiger partial charge on any atom is 0.251 e. The molecule has 0 radical (unpaired) electrons. The van der Waals surface area contributed by atoms with E-state index < -0.39 is 9.84 Å². The van der Waals surface area contributed by atoms with Crippen molar-refractivity contribution in [1.29, 1.82) is 0 Å². The van der Waals surface area contributed by atoms with Crippen molar-refractivity contribution in [2.24, 2.45) is 0 Å². The fourth-order valence-electron chi connectivity index (χ4n) is 2.12. The lowest BCUT2D eigenvalue weighted by Crippen LogP contribution is -2.22. The number of benzene rings is 2. The summed E-state index contributed by atoms with van der Waals surface area (Å²) in [7, 11) is -3.22. The molecular weight excluding hydrogens is 326 g/mol. The van der Waals surface area contributed by atoms with Crippen LogP contribution < -0.4 is 5.32 Å². The number of hydrogen-bond donors (Lipinski definition) is 1. The Bertz CT molecular complexity index is 838. The van der Waals surface area contributed by atoms with E-state index in [-0.39, 0.29) is 22.3 Å². The smallest absolute Gasteiger partial charge is 0.251 e. The van der Waals surface area contributed by atoms with Crippen LogP contribution in [0.15, 0.2) is 53.4 Å². The predicted molar refractivity (Wildman–Crippen MR) is 91.8 cm³/mol. The highest BCUT2D eigenvalue weighted by Gasteiger charge is 2.11. The summed E-state index contributed by atoms with van der Waals surface area (Å²) in [5.74, 6) is -0.251. The summed E-state index contributed by atoms with van der Waals surface area (Å²) >= 11 is 0. The van der Waals surface area contributed by atoms with Crippen LogP contribution in [0.2, 0.25) is 0 Å². The molecule has 0 aromatic heterocycles. The van der Waals surface area contributed by atoms with Gasteiger partial charge in [0.25, 0.3) is 5.91 Å². The lowest BCUT2D eigenvalue weighted by molar-refractivity contribution is 0.0948. The van der Waals surface area contributed by atoms with Gasteiger partial charge < -0.3 is 5.32 Å². The molecule has 2 aromatic carbocycles. The Balaban J connectivity index is 2.00. The number of carbonyl (C=O) groups excluding carboxylic acids is 2. The molecule has 0 spiro atoms. The maximum atomic E-state index is 12.1. The molecule has 0 saturated heterocycles. The molecule has 6 heteroatoms. The van der Waals surface area contributed by atoms with Crippen LogP contribution in [0.5, 0.6) is 0 Å². The van der Waals surface area contributed by atoms with Gasteiger partial charge in [0.1, 0.15) is 0 Å². The van der Waals surface area contributed by atoms with Crippen LogP contribution in [0.4, 0.5) is 0 Å². The van der Waals surface area contributed by atoms with E-state index >= 15 is 0 Å². The third-order valence-electron chi connectivity index (χ3n) is 3.67. The highest BCUT2D eigenvalue weighted by atomic mass is 32.2. The Labute approximate surface area is 141 Å². The fourth-order valence-corrected chi connectivity index (χ4v) is 3.01. The van der Waals surface area contributed by atoms with E-state index in [1.165, 1.54) is 6.92 Å². The number of ketones is 1. The predicted octanol–water partition coefficient (Wildman–Crippen LogP) is 2.61. The summed E-state index contributed by atoms with van der Waals surface area (Å²) in [4.78, 5) is 23.6. The SMILES string of the molecule is CCS(=O)(=O)c1ccc(CNC(=O)c2ccc(C(C)=O)cc2)cc1. The Morgan fingerprint density at radius 2 is 1.46 bits per heavy atom. The topological polar surface area (TPSA) is 80.3 Å². The number of hydrogen-bond acceptors (Lipinski definition) is 4. The first-order valence-corrected chi connectivity index (χ1v) is 9.19. The van der Waals surface area contributed by atoms with Crippen molar-refractivity contribution in [2.75, 3.05) is 5.75 Å². The Morgan fingerprint density at radius 1 is 0.917 bits per heavy atom. The van der Waals surface area contributed by atoms with Crippen molar-refractivity contribution in [3.8, 4) is 0 Å². The molecule has 0 unspecified atom stereocenters. The van der Waals surface area contributed by atoms with Crippen molar-refractivity contribution in [3.63, 3.8) is 0 Å². The van der Waals surface area contributed by atoms with Gasteiger partial charge in [-0.05, 0) is 36.8 Å². The molecule has 0 aliphatic carbocycles. The van der Waals surface area contributed by atoms with E-state index in [2.05, 4.69) is 5.32 Å². The van der Waals surface area contributed by atoms with Crippen molar-refractivity contribution in [3.05, 3.63) is 65.2 Å². The molecular formula is C18H19NO4S. The van der Waals surface area contributed by atoms with Crippen molar-refractivity contribution in [1.82, 2.24) is 5.32 Å². The second kappa shape index (κ2) is 7.40. The third-order valence-corrected chi connectivity index (χ3v) is 5.42. The first-order valence-electron chi connectivity index (χ1n) is 7.54. The zero-order valence-corrected chi connectivity index (χ0v) is 14.4. The fraction of sp³-hybridized carbons (Fsp3) is 0.222. The van der Waals surface area contributed by atoms with Crippen LogP contribution in [0, 0.1) is 0 Å². The number of nitrogens with one attached hydrogen (secondary N) is 1. The largest absolute Gasteiger partial charge is 0.348 e. The Morgan fingerprint density at radius 3 is 1.96 bits per heavy atom. The molecule has 0 atom stereocenters. The average molecular weight is 345 g/mol. The van der Waals surface area contributed by atoms with Crippen LogP contribution >= 0.6 is 0 Å². The van der Waals surface area contributed by atoms with Gasteiger partial charge in [-0.2, -0.15) is 0 Å². The summed E-state index contributed by atoms with van der Waals surface area (Å²) in [6, 6.07) is 12.9. The lowest BCUT2D eigenvalue weighted by Gasteiger charge is -2.07. The molecule has 2 rings (SSSR count). The first-order chi connectivity index (χ1) is 11.3. The van der Waals surface area contributed by atoms with Gasteiger partial charge in [-0.1, -0.05) is 31.2 Å². The summed E-state index contributed by atoms with van der Waals surface area (Å²) in [5, 5.41) is 2.76. The second-order valence-corrected chi connectivity index (χ2v) is 7.64. The summed E-state index contributed by atoms with van der Waals surface area (Å²) in [5.41, 5.74) is 1.82. The molecule has 0 fully saturated rings. The first kappa shape index (κ1) is 17.9. The van der Waals surface area contributed by atoms with Gasteiger partial charge in [-0.25, -0.2) is 8.42 Å². The van der Waals surface area contributed by atoms with Crippen LogP contribution in [-0.2, 0) is 16.4 Å². The molecule has 1 N–H and O–H groups in total. The lowest BCUT2D eigenvalue weighted by atomic mass is 10.1. The van der Waals surface area contributed by atoms with E-state index in [4.69, 9.17) is 0 Å². The van der Waals surface area contributed by atoms with Crippen LogP contribution in [-0.4, -0.2) is 25.9 Å². The zero-order valence-electron chi connectivity index (χ0n) is 13.6. The van der Waals surface area contributed by atoms with Crippen LogP contribution in [0.3, 0.4) is 0 Å². The number of sulfone groups is 1. The Kier molecular flexibility index (Phi) is 5.51. The molecule has 0 aliphatic heterocycles. The van der Waals surface area contributed by atoms with Gasteiger partial charge in [-0.15, -0.1) is 0 Å². The molecule has 2 aromatic rings. The standard InChI is InChI=1S/C18H19NO4S/c1-3-24(22,23)17-10-4-14(5-11-17)12-19-18(21)16-8-6-15(7-9-16)13(2)20/h4-11H,3,12H2,1-2H3,(H,19,21). The number of carbonyl (C=O) groups is 2. The van der Waals surface area contributed by atoms with E-state index in [0.717, 1.165) is 5.56 Å². The molecule has 126 valence electrons. The van der Waals surface area contributed by atoms with Crippen LogP contribution in [0.25, 0.3) is 0 Å². The minimum atomic E-state index is -3.22. The Hall–Kier alpha value is -2.47. The monoisotopic (exact) mass is 345 g/mol. The quantitative estimate of drug-likeness (QED) is 0.816. The highest BCUT2D eigenvalue weighted by Crippen LogP contribution is 2.12. The molecule has 0 bridgehead atoms. The normalized spacial score (nSPS) is 11.1. The number of rotatable bonds is 6. The minimum Gasteiger partial charge on any atom is -0.348 e. The summed E-state index contributed by atoms with van der Waals surface area (Å²) in [6.45, 7) is 3.36. The van der Waals surface area contributed by atoms with E-state index in [1.54, 1.807) is 55.5 Å². The van der Waals surface area contributed by atoms with E-state index in [0.29, 0.717) is 17.7 Å². The number of amides is 1. The summed E-state index contributed by atoms with van der Waals surface area (Å²) in [6.07, 6.45) is 0. The van der Waals surface area contributed by atoms with Crippen molar-refractivity contribution < 1.29 is 18.0 Å². The second-order valence-electron chi connectivity index (χ2n) is 5.36. The molecule has 0 aliphatic rings. The molecule has 5 nitrogen and oxygen atoms in total. The minimum absolute atomic E-state index is 0.0518. The zero-order chi connectivity index (χ0) is 17.7. The van der Waals surface area contributed by atoms with Crippen molar-refractivity contribution in [2.45, 2.75) is 25.3 Å². The van der Waals surface area contributed by atoms with Gasteiger partial charge in [0.2, 0.25) is 0 Å². The van der Waals surface area contributed by atoms with Gasteiger partial charge in [0.05, 0.1) is 10.6 Å². The summed E-state index contributed by atoms with van der Waals surface area (Å²) < 4.78 is 23.5. The van der Waals surface area contributed by atoms with Gasteiger partial charge >= 0.3 is 0 Å². The average Bonchev–Trinajstić information content (AvgIpc) is 2.60. The van der Waals surface area contributed by atoms with E-state index in [9.17, 15) is 18.0 Å². The molecule has 24 heavy (non-hydrogen) atoms. The third kappa shape index (κ3) is 4.29. The maximum absolute atomic E-state index is 12.1. The van der Waals surface area contributed by atoms with Crippen molar-refractivity contribution >= 4 is 21.5 Å². The van der Waals surface area contributed by atoms with E-state index in [1.807, 2.05) is 0 Å². The van der Waals surface area contributed by atoms with Crippen LogP contribution in [0.1, 0.15) is 40.1 Å². The number of Topliss-reactive ketones (excluding diaryl/α,β-unsaturated/α-hetero) is 1. The molecule has 0 saturated carbocycles. The van der Waals surface area contributed by atoms with Gasteiger partial charge in [0, 0.05) is 17.7 Å². The highest BCUT2D eigenvalue weighted by molar-refractivity contribution is 7.91. The van der Waals surface area contributed by atoms with Gasteiger partial charge in [0.15, 0.2) is 15.6 Å².